The molecule has 0 aromatic heterocycles. The van der Waals surface area contributed by atoms with E-state index in [0.29, 0.717) is 19.6 Å². The molecule has 2 unspecified atom stereocenters. The molecule has 0 saturated carbocycles. The zero-order valence-corrected chi connectivity index (χ0v) is 13.5. The predicted octanol–water partition coefficient (Wildman–Crippen LogP) is 2.38. The molecule has 0 amide bonds. The monoisotopic (exact) mass is 338 g/mol. The van der Waals surface area contributed by atoms with Crippen molar-refractivity contribution in [3.63, 3.8) is 0 Å². The van der Waals surface area contributed by atoms with Crippen molar-refractivity contribution in [2.75, 3.05) is 13.2 Å². The largest absolute Gasteiger partial charge is 0.504 e. The molecule has 7 nitrogen and oxygen atoms in total. The van der Waals surface area contributed by atoms with Crippen LogP contribution in [0, 0.1) is 0 Å². The molecule has 1 fully saturated rings. The molecule has 2 heterocycles. The van der Waals surface area contributed by atoms with Gasteiger partial charge in [-0.25, -0.2) is 4.79 Å². The molecule has 1 aromatic carbocycles. The Morgan fingerprint density at radius 1 is 1.25 bits per heavy atom. The number of phenols is 3. The summed E-state index contributed by atoms with van der Waals surface area (Å²) in [5, 5.41) is 29.5. The van der Waals surface area contributed by atoms with Crippen LogP contribution in [0.3, 0.4) is 0 Å². The van der Waals surface area contributed by atoms with Gasteiger partial charge in [0.2, 0.25) is 5.75 Å². The summed E-state index contributed by atoms with van der Waals surface area (Å²) in [6.07, 6.45) is 1.92. The SMILES string of the molecule is CCCCCO[C@H]1CCOC2c3c(cc(O)c(O)c3O)C(=O)OC21. The number of phenolic OH excluding ortho intramolecular Hbond substituents is 3. The summed E-state index contributed by atoms with van der Waals surface area (Å²) < 4.78 is 17.0. The van der Waals surface area contributed by atoms with Gasteiger partial charge in [0.05, 0.1) is 18.3 Å². The molecule has 3 atom stereocenters. The highest BCUT2D eigenvalue weighted by atomic mass is 16.6. The minimum absolute atomic E-state index is 0.00400. The number of aromatic hydroxyl groups is 3. The van der Waals surface area contributed by atoms with Gasteiger partial charge in [-0.2, -0.15) is 0 Å². The molecule has 0 bridgehead atoms. The third-order valence-electron chi connectivity index (χ3n) is 4.49. The third-order valence-corrected chi connectivity index (χ3v) is 4.49. The maximum absolute atomic E-state index is 12.2. The number of benzene rings is 1. The molecular formula is C17H22O7. The number of fused-ring (bicyclic) bond motifs is 3. The van der Waals surface area contributed by atoms with Gasteiger partial charge in [0.1, 0.15) is 6.10 Å². The molecule has 7 heteroatoms. The van der Waals surface area contributed by atoms with Gasteiger partial charge < -0.3 is 29.5 Å². The highest BCUT2D eigenvalue weighted by Crippen LogP contribution is 2.48. The lowest BCUT2D eigenvalue weighted by atomic mass is 9.89. The van der Waals surface area contributed by atoms with Crippen LogP contribution in [0.2, 0.25) is 0 Å². The second-order valence-electron chi connectivity index (χ2n) is 6.12. The Bertz CT molecular complexity index is 628. The summed E-state index contributed by atoms with van der Waals surface area (Å²) in [6.45, 7) is 3.06. The molecule has 1 saturated heterocycles. The van der Waals surface area contributed by atoms with Crippen LogP contribution >= 0.6 is 0 Å². The second-order valence-corrected chi connectivity index (χ2v) is 6.12. The normalized spacial score (nSPS) is 25.7. The first-order valence-electron chi connectivity index (χ1n) is 8.26. The maximum atomic E-state index is 12.2. The maximum Gasteiger partial charge on any atom is 0.339 e. The van der Waals surface area contributed by atoms with E-state index in [4.69, 9.17) is 14.2 Å². The van der Waals surface area contributed by atoms with E-state index >= 15 is 0 Å². The van der Waals surface area contributed by atoms with Gasteiger partial charge in [0, 0.05) is 18.6 Å². The molecular weight excluding hydrogens is 316 g/mol. The molecule has 3 rings (SSSR count). The molecule has 24 heavy (non-hydrogen) atoms. The fourth-order valence-corrected chi connectivity index (χ4v) is 3.22. The average Bonchev–Trinajstić information content (AvgIpc) is 2.57. The lowest BCUT2D eigenvalue weighted by Gasteiger charge is -2.41. The van der Waals surface area contributed by atoms with Crippen molar-refractivity contribution in [3.8, 4) is 17.2 Å². The van der Waals surface area contributed by atoms with Crippen LogP contribution in [-0.2, 0) is 14.2 Å². The number of rotatable bonds is 5. The Morgan fingerprint density at radius 2 is 2.04 bits per heavy atom. The van der Waals surface area contributed by atoms with Gasteiger partial charge in [0.15, 0.2) is 17.6 Å². The highest BCUT2D eigenvalue weighted by Gasteiger charge is 2.46. The molecule has 2 aliphatic rings. The number of carbonyl (C=O) groups is 1. The van der Waals surface area contributed by atoms with Crippen LogP contribution in [0.15, 0.2) is 6.07 Å². The van der Waals surface area contributed by atoms with Crippen LogP contribution in [0.1, 0.15) is 54.6 Å². The van der Waals surface area contributed by atoms with Gasteiger partial charge in [0.25, 0.3) is 0 Å². The van der Waals surface area contributed by atoms with E-state index < -0.39 is 35.4 Å². The minimum Gasteiger partial charge on any atom is -0.504 e. The van der Waals surface area contributed by atoms with Gasteiger partial charge in [-0.05, 0) is 12.5 Å². The third kappa shape index (κ3) is 2.89. The Hall–Kier alpha value is -1.99. The Labute approximate surface area is 139 Å². The van der Waals surface area contributed by atoms with E-state index in [1.54, 1.807) is 0 Å². The van der Waals surface area contributed by atoms with Crippen molar-refractivity contribution in [1.29, 1.82) is 0 Å². The first-order chi connectivity index (χ1) is 11.5. The molecule has 0 aliphatic carbocycles. The van der Waals surface area contributed by atoms with Crippen molar-refractivity contribution < 1.29 is 34.3 Å². The number of unbranched alkanes of at least 4 members (excludes halogenated alkanes) is 2. The Morgan fingerprint density at radius 3 is 2.79 bits per heavy atom. The Kier molecular flexibility index (Phi) is 4.82. The molecule has 0 spiro atoms. The number of carbonyl (C=O) groups excluding carboxylic acids is 1. The topological polar surface area (TPSA) is 105 Å². The van der Waals surface area contributed by atoms with Crippen LogP contribution in [0.5, 0.6) is 17.2 Å². The van der Waals surface area contributed by atoms with Gasteiger partial charge in [-0.3, -0.25) is 0 Å². The highest BCUT2D eigenvalue weighted by molar-refractivity contribution is 5.94. The quantitative estimate of drug-likeness (QED) is 0.430. The standard InChI is InChI=1S/C17H22O7/c1-2-3-4-6-22-11-5-7-23-16-12-9(17(21)24-15(11)16)8-10(18)13(19)14(12)20/h8,11,15-16,18-20H,2-7H2,1H3/t11-,15?,16?/m0/s1. The van der Waals surface area contributed by atoms with Gasteiger partial charge in [-0.15, -0.1) is 0 Å². The van der Waals surface area contributed by atoms with E-state index in [9.17, 15) is 20.1 Å². The lowest BCUT2D eigenvalue weighted by Crippen LogP contribution is -2.47. The summed E-state index contributed by atoms with van der Waals surface area (Å²) in [7, 11) is 0. The van der Waals surface area contributed by atoms with Crippen LogP contribution < -0.4 is 0 Å². The fourth-order valence-electron chi connectivity index (χ4n) is 3.22. The van der Waals surface area contributed by atoms with E-state index in [-0.39, 0.29) is 17.2 Å². The number of hydrogen-bond acceptors (Lipinski definition) is 7. The van der Waals surface area contributed by atoms with Crippen molar-refractivity contribution in [2.45, 2.75) is 50.9 Å². The van der Waals surface area contributed by atoms with Crippen molar-refractivity contribution >= 4 is 5.97 Å². The number of esters is 1. The second kappa shape index (κ2) is 6.86. The average molecular weight is 338 g/mol. The van der Waals surface area contributed by atoms with Crippen molar-refractivity contribution in [1.82, 2.24) is 0 Å². The van der Waals surface area contributed by atoms with Crippen molar-refractivity contribution in [2.24, 2.45) is 0 Å². The van der Waals surface area contributed by atoms with E-state index in [0.717, 1.165) is 25.3 Å². The molecule has 3 N–H and O–H groups in total. The van der Waals surface area contributed by atoms with E-state index in [1.807, 2.05) is 0 Å². The van der Waals surface area contributed by atoms with Crippen molar-refractivity contribution in [3.05, 3.63) is 17.2 Å². The first-order valence-corrected chi connectivity index (χ1v) is 8.26. The number of ether oxygens (including phenoxy) is 3. The number of hydrogen-bond donors (Lipinski definition) is 3. The fraction of sp³-hybridized carbons (Fsp3) is 0.588. The summed E-state index contributed by atoms with van der Waals surface area (Å²) >= 11 is 0. The lowest BCUT2D eigenvalue weighted by molar-refractivity contribution is -0.165. The van der Waals surface area contributed by atoms with Gasteiger partial charge >= 0.3 is 5.97 Å². The van der Waals surface area contributed by atoms with Gasteiger partial charge in [-0.1, -0.05) is 19.8 Å². The summed E-state index contributed by atoms with van der Waals surface area (Å²) in [6, 6.07) is 1.08. The smallest absolute Gasteiger partial charge is 0.339 e. The van der Waals surface area contributed by atoms with E-state index in [2.05, 4.69) is 6.92 Å². The first kappa shape index (κ1) is 16.9. The minimum atomic E-state index is -0.728. The predicted molar refractivity (Wildman–Crippen MR) is 83.2 cm³/mol. The summed E-state index contributed by atoms with van der Waals surface area (Å²) in [4.78, 5) is 12.2. The Balaban J connectivity index is 1.86. The van der Waals surface area contributed by atoms with Crippen LogP contribution in [0.25, 0.3) is 0 Å². The summed E-state index contributed by atoms with van der Waals surface area (Å²) in [5.74, 6) is -2.48. The molecule has 2 aliphatic heterocycles. The zero-order valence-electron chi connectivity index (χ0n) is 13.5. The zero-order chi connectivity index (χ0) is 17.3. The molecule has 1 aromatic rings. The molecule has 0 radical (unpaired) electrons. The molecule has 132 valence electrons. The summed E-state index contributed by atoms with van der Waals surface area (Å²) in [5.41, 5.74) is 0.143. The van der Waals surface area contributed by atoms with Crippen LogP contribution in [0.4, 0.5) is 0 Å². The van der Waals surface area contributed by atoms with E-state index in [1.165, 1.54) is 0 Å². The van der Waals surface area contributed by atoms with Crippen LogP contribution in [-0.4, -0.2) is 46.7 Å².